The maximum absolute atomic E-state index is 13.8. The van der Waals surface area contributed by atoms with E-state index in [4.69, 9.17) is 11.6 Å². The molecular weight excluding hydrogens is 600 g/mol. The van der Waals surface area contributed by atoms with Gasteiger partial charge in [0, 0.05) is 24.8 Å². The normalized spacial score (nSPS) is 28.3. The van der Waals surface area contributed by atoms with Crippen molar-refractivity contribution in [3.05, 3.63) is 49.6 Å². The van der Waals surface area contributed by atoms with Gasteiger partial charge in [-0.1, -0.05) is 11.6 Å². The van der Waals surface area contributed by atoms with Crippen LogP contribution in [0.25, 0.3) is 0 Å². The molecule has 4 fully saturated rings. The maximum atomic E-state index is 13.8. The van der Waals surface area contributed by atoms with Crippen molar-refractivity contribution in [2.75, 3.05) is 31.5 Å². The van der Waals surface area contributed by atoms with E-state index in [-0.39, 0.29) is 29.7 Å². The zero-order valence-corrected chi connectivity index (χ0v) is 25.0. The summed E-state index contributed by atoms with van der Waals surface area (Å²) < 4.78 is 0.875. The Balaban J connectivity index is 1.16. The number of likely N-dealkylation sites (tertiary alicyclic amines) is 2. The molecule has 4 aliphatic rings. The van der Waals surface area contributed by atoms with Crippen LogP contribution in [0.2, 0.25) is 5.02 Å². The first-order valence-corrected chi connectivity index (χ1v) is 16.0. The van der Waals surface area contributed by atoms with Crippen molar-refractivity contribution in [3.63, 3.8) is 0 Å². The number of benzene rings is 1. The zero-order valence-electron chi connectivity index (χ0n) is 21.9. The SMILES string of the molecule is O=C(NC1(C(=O)Nc2ccc(C(=O)N3CCC[C@H]3CN3CCCC3)c(Cl)c2)CC2CCC1C2)c1ccc(Br)s1. The molecule has 2 aliphatic carbocycles. The van der Waals surface area contributed by atoms with Crippen molar-refractivity contribution in [1.82, 2.24) is 15.1 Å². The number of amides is 3. The van der Waals surface area contributed by atoms with Crippen LogP contribution in [0.5, 0.6) is 0 Å². The molecule has 2 aliphatic heterocycles. The van der Waals surface area contributed by atoms with Crippen molar-refractivity contribution in [2.24, 2.45) is 11.8 Å². The van der Waals surface area contributed by atoms with Crippen molar-refractivity contribution >= 4 is 62.3 Å². The molecule has 4 atom stereocenters. The Hall–Kier alpha value is -1.94. The lowest BCUT2D eigenvalue weighted by Gasteiger charge is -2.37. The first-order chi connectivity index (χ1) is 18.8. The number of hydrogen-bond acceptors (Lipinski definition) is 5. The van der Waals surface area contributed by atoms with Crippen LogP contribution in [0.15, 0.2) is 34.1 Å². The molecule has 10 heteroatoms. The first kappa shape index (κ1) is 27.2. The van der Waals surface area contributed by atoms with E-state index in [0.29, 0.717) is 33.5 Å². The minimum absolute atomic E-state index is 0.0430. The third-order valence-electron chi connectivity index (χ3n) is 9.15. The minimum atomic E-state index is -0.949. The van der Waals surface area contributed by atoms with Gasteiger partial charge in [-0.2, -0.15) is 0 Å². The average molecular weight is 634 g/mol. The molecule has 7 nitrogen and oxygen atoms in total. The van der Waals surface area contributed by atoms with E-state index >= 15 is 0 Å². The number of thiophene rings is 1. The van der Waals surface area contributed by atoms with Crippen LogP contribution < -0.4 is 10.6 Å². The molecule has 2 N–H and O–H groups in total. The topological polar surface area (TPSA) is 81.8 Å². The Bertz CT molecular complexity index is 1280. The molecule has 0 radical (unpaired) electrons. The van der Waals surface area contributed by atoms with E-state index in [2.05, 4.69) is 31.5 Å². The van der Waals surface area contributed by atoms with Gasteiger partial charge in [0.25, 0.3) is 11.8 Å². The maximum Gasteiger partial charge on any atom is 0.262 e. The summed E-state index contributed by atoms with van der Waals surface area (Å²) >= 11 is 11.4. The highest BCUT2D eigenvalue weighted by Crippen LogP contribution is 2.51. The third kappa shape index (κ3) is 5.39. The smallest absolute Gasteiger partial charge is 0.262 e. The number of carbonyl (C=O) groups is 3. The van der Waals surface area contributed by atoms with Gasteiger partial charge in [-0.05, 0) is 123 Å². The summed E-state index contributed by atoms with van der Waals surface area (Å²) in [6.45, 7) is 3.90. The Morgan fingerprint density at radius 1 is 1.05 bits per heavy atom. The summed E-state index contributed by atoms with van der Waals surface area (Å²) in [6, 6.07) is 8.97. The van der Waals surface area contributed by atoms with E-state index in [1.807, 2.05) is 11.0 Å². The molecule has 208 valence electrons. The minimum Gasteiger partial charge on any atom is -0.337 e. The summed E-state index contributed by atoms with van der Waals surface area (Å²) in [5.74, 6) is 0.0709. The molecule has 0 spiro atoms. The quantitative estimate of drug-likeness (QED) is 0.405. The van der Waals surface area contributed by atoms with Gasteiger partial charge in [0.05, 0.1) is 19.2 Å². The number of nitrogens with zero attached hydrogens (tertiary/aromatic N) is 2. The molecular formula is C29H34BrClN4O3S. The summed E-state index contributed by atoms with van der Waals surface area (Å²) in [5, 5.41) is 6.49. The Kier molecular flexibility index (Phi) is 7.79. The van der Waals surface area contributed by atoms with Gasteiger partial charge in [0.2, 0.25) is 5.91 Å². The number of carbonyl (C=O) groups excluding carboxylic acids is 3. The lowest BCUT2D eigenvalue weighted by Crippen LogP contribution is -2.60. The summed E-state index contributed by atoms with van der Waals surface area (Å²) in [5.41, 5.74) is 0.0523. The van der Waals surface area contributed by atoms with E-state index in [0.717, 1.165) is 62.1 Å². The molecule has 2 bridgehead atoms. The highest BCUT2D eigenvalue weighted by atomic mass is 79.9. The molecule has 39 heavy (non-hydrogen) atoms. The van der Waals surface area contributed by atoms with Crippen molar-refractivity contribution in [2.45, 2.75) is 62.9 Å². The van der Waals surface area contributed by atoms with Crippen LogP contribution in [0, 0.1) is 11.8 Å². The highest BCUT2D eigenvalue weighted by molar-refractivity contribution is 9.11. The van der Waals surface area contributed by atoms with Gasteiger partial charge in [-0.3, -0.25) is 14.4 Å². The monoisotopic (exact) mass is 632 g/mol. The van der Waals surface area contributed by atoms with Crippen LogP contribution in [-0.4, -0.2) is 65.3 Å². The zero-order chi connectivity index (χ0) is 27.1. The Labute approximate surface area is 246 Å². The second-order valence-corrected chi connectivity index (χ2v) is 14.4. The molecule has 3 unspecified atom stereocenters. The summed E-state index contributed by atoms with van der Waals surface area (Å²) in [6.07, 6.45) is 8.10. The lowest BCUT2D eigenvalue weighted by atomic mass is 9.79. The number of anilines is 1. The van der Waals surface area contributed by atoms with Crippen LogP contribution >= 0.6 is 38.9 Å². The largest absolute Gasteiger partial charge is 0.337 e. The van der Waals surface area contributed by atoms with E-state index in [1.54, 1.807) is 24.3 Å². The van der Waals surface area contributed by atoms with Crippen molar-refractivity contribution in [3.8, 4) is 0 Å². The molecule has 3 amide bonds. The number of nitrogens with one attached hydrogen (secondary N) is 2. The molecule has 1 aromatic carbocycles. The first-order valence-electron chi connectivity index (χ1n) is 14.0. The predicted molar refractivity (Wildman–Crippen MR) is 157 cm³/mol. The fraction of sp³-hybridized carbons (Fsp3) is 0.552. The Morgan fingerprint density at radius 2 is 1.87 bits per heavy atom. The number of hydrogen-bond donors (Lipinski definition) is 2. The summed E-state index contributed by atoms with van der Waals surface area (Å²) in [7, 11) is 0. The molecule has 6 rings (SSSR count). The standard InChI is InChI=1S/C29H34BrClN4O3S/c30-25-10-9-24(39-25)26(36)33-29(16-18-5-6-19(29)14-18)28(38)32-20-7-8-22(23(31)15-20)27(37)35-13-3-4-21(35)17-34-11-1-2-12-34/h7-10,15,18-19,21H,1-6,11-14,16-17H2,(H,32,38)(H,33,36)/t18?,19?,21-,29?/m0/s1. The Morgan fingerprint density at radius 3 is 2.54 bits per heavy atom. The second kappa shape index (κ2) is 11.1. The van der Waals surface area contributed by atoms with Gasteiger partial charge >= 0.3 is 0 Å². The lowest BCUT2D eigenvalue weighted by molar-refractivity contribution is -0.124. The third-order valence-corrected chi connectivity index (χ3v) is 11.1. The predicted octanol–water partition coefficient (Wildman–Crippen LogP) is 5.79. The number of halogens is 2. The van der Waals surface area contributed by atoms with E-state index in [9.17, 15) is 14.4 Å². The molecule has 3 heterocycles. The van der Waals surface area contributed by atoms with E-state index < -0.39 is 5.54 Å². The van der Waals surface area contributed by atoms with Crippen LogP contribution in [0.4, 0.5) is 5.69 Å². The van der Waals surface area contributed by atoms with Crippen molar-refractivity contribution in [1.29, 1.82) is 0 Å². The molecule has 1 aromatic heterocycles. The van der Waals surface area contributed by atoms with Gasteiger partial charge < -0.3 is 20.4 Å². The van der Waals surface area contributed by atoms with Crippen LogP contribution in [0.3, 0.4) is 0 Å². The average Bonchev–Trinajstić information content (AvgIpc) is 3.73. The van der Waals surface area contributed by atoms with Gasteiger partial charge in [-0.15, -0.1) is 11.3 Å². The fourth-order valence-electron chi connectivity index (χ4n) is 7.24. The van der Waals surface area contributed by atoms with Crippen LogP contribution in [0.1, 0.15) is 71.4 Å². The van der Waals surface area contributed by atoms with E-state index in [1.165, 1.54) is 24.2 Å². The second-order valence-electron chi connectivity index (χ2n) is 11.6. The van der Waals surface area contributed by atoms with Crippen LogP contribution in [-0.2, 0) is 4.79 Å². The van der Waals surface area contributed by atoms with Gasteiger partial charge in [0.15, 0.2) is 0 Å². The number of fused-ring (bicyclic) bond motifs is 2. The van der Waals surface area contributed by atoms with Gasteiger partial charge in [0.1, 0.15) is 5.54 Å². The van der Waals surface area contributed by atoms with Gasteiger partial charge in [-0.25, -0.2) is 0 Å². The molecule has 2 saturated heterocycles. The fourth-order valence-corrected chi connectivity index (χ4v) is 8.78. The summed E-state index contributed by atoms with van der Waals surface area (Å²) in [4.78, 5) is 45.4. The highest BCUT2D eigenvalue weighted by Gasteiger charge is 2.56. The van der Waals surface area contributed by atoms with Crippen molar-refractivity contribution < 1.29 is 14.4 Å². The molecule has 2 saturated carbocycles. The molecule has 2 aromatic rings. The number of rotatable bonds is 7.